The summed E-state index contributed by atoms with van der Waals surface area (Å²) in [6, 6.07) is 1.95. The van der Waals surface area contributed by atoms with Crippen LogP contribution in [0.15, 0.2) is 6.07 Å². The van der Waals surface area contributed by atoms with Gasteiger partial charge in [-0.3, -0.25) is 4.79 Å². The Morgan fingerprint density at radius 2 is 2.05 bits per heavy atom. The summed E-state index contributed by atoms with van der Waals surface area (Å²) in [5.41, 5.74) is 2.48. The predicted molar refractivity (Wildman–Crippen MR) is 73.2 cm³/mol. The number of carboxylic acid groups (broad SMARTS) is 1. The third-order valence-electron chi connectivity index (χ3n) is 4.40. The van der Waals surface area contributed by atoms with Gasteiger partial charge in [0.1, 0.15) is 5.75 Å². The summed E-state index contributed by atoms with van der Waals surface area (Å²) in [5, 5.41) is 10.1. The van der Waals surface area contributed by atoms with E-state index in [1.54, 1.807) is 7.11 Å². The van der Waals surface area contributed by atoms with Crippen molar-refractivity contribution in [1.29, 1.82) is 0 Å². The molecule has 0 radical (unpaired) electrons. The van der Waals surface area contributed by atoms with Gasteiger partial charge in [-0.25, -0.2) is 0 Å². The summed E-state index contributed by atoms with van der Waals surface area (Å²) >= 11 is 6.29. The highest BCUT2D eigenvalue weighted by atomic mass is 35.5. The Balaban J connectivity index is 2.26. The summed E-state index contributed by atoms with van der Waals surface area (Å²) in [4.78, 5) is 11.7. The number of carboxylic acids is 1. The summed E-state index contributed by atoms with van der Waals surface area (Å²) in [5.74, 6) is -0.178. The van der Waals surface area contributed by atoms with Crippen LogP contribution in [-0.4, -0.2) is 18.2 Å². The second-order valence-electron chi connectivity index (χ2n) is 5.50. The number of hydrogen-bond acceptors (Lipinski definition) is 2. The van der Waals surface area contributed by atoms with Gasteiger partial charge < -0.3 is 9.84 Å². The van der Waals surface area contributed by atoms with Gasteiger partial charge in [0.05, 0.1) is 17.5 Å². The van der Waals surface area contributed by atoms with Crippen molar-refractivity contribution in [3.63, 3.8) is 0 Å². The first-order chi connectivity index (χ1) is 9.10. The molecule has 0 bridgehead atoms. The molecule has 1 saturated carbocycles. The van der Waals surface area contributed by atoms with Gasteiger partial charge in [0.25, 0.3) is 0 Å². The molecule has 102 valence electrons. The molecule has 1 aromatic rings. The molecule has 0 aromatic heterocycles. The number of halogens is 1. The van der Waals surface area contributed by atoms with E-state index >= 15 is 0 Å². The topological polar surface area (TPSA) is 46.5 Å². The Kier molecular flexibility index (Phi) is 2.97. The number of ether oxygens (including phenoxy) is 1. The van der Waals surface area contributed by atoms with Gasteiger partial charge >= 0.3 is 5.97 Å². The second-order valence-corrected chi connectivity index (χ2v) is 5.91. The lowest BCUT2D eigenvalue weighted by Crippen LogP contribution is -2.24. The quantitative estimate of drug-likeness (QED) is 0.924. The zero-order valence-electron chi connectivity index (χ0n) is 11.0. The van der Waals surface area contributed by atoms with E-state index < -0.39 is 11.4 Å². The summed E-state index contributed by atoms with van der Waals surface area (Å²) in [6.07, 6.45) is 5.56. The van der Waals surface area contributed by atoms with E-state index in [1.807, 2.05) is 6.07 Å². The highest BCUT2D eigenvalue weighted by Crippen LogP contribution is 2.55. The molecule has 0 unspecified atom stereocenters. The number of benzene rings is 1. The van der Waals surface area contributed by atoms with Crippen LogP contribution in [0.4, 0.5) is 0 Å². The maximum absolute atomic E-state index is 11.7. The molecule has 3 nitrogen and oxygen atoms in total. The van der Waals surface area contributed by atoms with Crippen molar-refractivity contribution >= 4 is 17.6 Å². The van der Waals surface area contributed by atoms with Crippen molar-refractivity contribution in [3.05, 3.63) is 27.8 Å². The lowest BCUT2D eigenvalue weighted by molar-refractivity contribution is -0.140. The highest BCUT2D eigenvalue weighted by molar-refractivity contribution is 6.32. The SMILES string of the molecule is COc1c(Cl)cc2c(c1C1(C(=O)O)CC1)CCCC2. The molecular formula is C15H17ClO3. The van der Waals surface area contributed by atoms with Crippen LogP contribution in [0.1, 0.15) is 42.4 Å². The molecule has 0 heterocycles. The Bertz CT molecular complexity index is 547. The molecule has 0 amide bonds. The van der Waals surface area contributed by atoms with E-state index in [9.17, 15) is 9.90 Å². The van der Waals surface area contributed by atoms with Crippen molar-refractivity contribution in [2.24, 2.45) is 0 Å². The monoisotopic (exact) mass is 280 g/mol. The molecule has 1 fully saturated rings. The summed E-state index contributed by atoms with van der Waals surface area (Å²) in [6.45, 7) is 0. The summed E-state index contributed by atoms with van der Waals surface area (Å²) in [7, 11) is 1.57. The molecule has 0 spiro atoms. The second kappa shape index (κ2) is 4.41. The summed E-state index contributed by atoms with van der Waals surface area (Å²) < 4.78 is 5.42. The van der Waals surface area contributed by atoms with Crippen molar-refractivity contribution in [2.45, 2.75) is 43.9 Å². The standard InChI is InChI=1S/C15H17ClO3/c1-19-13-11(16)8-9-4-2-3-5-10(9)12(13)15(6-7-15)14(17)18/h8H,2-7H2,1H3,(H,17,18). The van der Waals surface area contributed by atoms with Crippen LogP contribution in [0.25, 0.3) is 0 Å². The Morgan fingerprint density at radius 3 is 2.63 bits per heavy atom. The van der Waals surface area contributed by atoms with E-state index in [2.05, 4.69) is 0 Å². The van der Waals surface area contributed by atoms with E-state index in [0.29, 0.717) is 23.6 Å². The normalized spacial score (nSPS) is 19.7. The highest BCUT2D eigenvalue weighted by Gasteiger charge is 2.55. The zero-order chi connectivity index (χ0) is 13.6. The molecule has 4 heteroatoms. The van der Waals surface area contributed by atoms with Gasteiger partial charge in [0.15, 0.2) is 0 Å². The van der Waals surface area contributed by atoms with Crippen LogP contribution in [0.5, 0.6) is 5.75 Å². The third-order valence-corrected chi connectivity index (χ3v) is 4.68. The number of methoxy groups -OCH3 is 1. The zero-order valence-corrected chi connectivity index (χ0v) is 11.7. The van der Waals surface area contributed by atoms with E-state index in [4.69, 9.17) is 16.3 Å². The van der Waals surface area contributed by atoms with Crippen LogP contribution >= 0.6 is 11.6 Å². The smallest absolute Gasteiger partial charge is 0.314 e. The number of carbonyl (C=O) groups is 1. The van der Waals surface area contributed by atoms with Gasteiger partial charge in [0, 0.05) is 5.56 Å². The minimum Gasteiger partial charge on any atom is -0.495 e. The molecule has 3 rings (SSSR count). The fraction of sp³-hybridized carbons (Fsp3) is 0.533. The Labute approximate surface area is 117 Å². The minimum absolute atomic E-state index is 0.547. The minimum atomic E-state index is -0.752. The first kappa shape index (κ1) is 12.8. The third kappa shape index (κ3) is 1.83. The maximum Gasteiger partial charge on any atom is 0.314 e. The van der Waals surface area contributed by atoms with Crippen molar-refractivity contribution < 1.29 is 14.6 Å². The van der Waals surface area contributed by atoms with Crippen LogP contribution in [0.3, 0.4) is 0 Å². The predicted octanol–water partition coefficient (Wildman–Crippen LogP) is 3.34. The molecule has 0 saturated heterocycles. The van der Waals surface area contributed by atoms with Gasteiger partial charge in [-0.2, -0.15) is 0 Å². The molecule has 0 atom stereocenters. The van der Waals surface area contributed by atoms with Gasteiger partial charge in [-0.1, -0.05) is 11.6 Å². The molecule has 2 aliphatic rings. The molecule has 1 N–H and O–H groups in total. The van der Waals surface area contributed by atoms with Crippen molar-refractivity contribution in [3.8, 4) is 5.75 Å². The molecule has 0 aliphatic heterocycles. The van der Waals surface area contributed by atoms with E-state index in [1.165, 1.54) is 11.1 Å². The van der Waals surface area contributed by atoms with E-state index in [-0.39, 0.29) is 0 Å². The molecule has 19 heavy (non-hydrogen) atoms. The largest absolute Gasteiger partial charge is 0.495 e. The van der Waals surface area contributed by atoms with Crippen LogP contribution in [0, 0.1) is 0 Å². The van der Waals surface area contributed by atoms with Crippen molar-refractivity contribution in [2.75, 3.05) is 7.11 Å². The first-order valence-electron chi connectivity index (χ1n) is 6.72. The molecule has 2 aliphatic carbocycles. The number of aliphatic carboxylic acids is 1. The lowest BCUT2D eigenvalue weighted by atomic mass is 9.81. The fourth-order valence-corrected chi connectivity index (χ4v) is 3.55. The Morgan fingerprint density at radius 1 is 1.37 bits per heavy atom. The van der Waals surface area contributed by atoms with Crippen LogP contribution in [0.2, 0.25) is 5.02 Å². The Hall–Kier alpha value is -1.22. The van der Waals surface area contributed by atoms with Gasteiger partial charge in [-0.05, 0) is 55.7 Å². The van der Waals surface area contributed by atoms with Crippen LogP contribution in [-0.2, 0) is 23.1 Å². The lowest BCUT2D eigenvalue weighted by Gasteiger charge is -2.26. The van der Waals surface area contributed by atoms with E-state index in [0.717, 1.165) is 31.2 Å². The van der Waals surface area contributed by atoms with Gasteiger partial charge in [0.2, 0.25) is 0 Å². The number of fused-ring (bicyclic) bond motifs is 1. The van der Waals surface area contributed by atoms with Crippen molar-refractivity contribution in [1.82, 2.24) is 0 Å². The average Bonchev–Trinajstić information content (AvgIpc) is 3.18. The number of hydrogen-bond donors (Lipinski definition) is 1. The van der Waals surface area contributed by atoms with Gasteiger partial charge in [-0.15, -0.1) is 0 Å². The first-order valence-corrected chi connectivity index (χ1v) is 7.10. The maximum atomic E-state index is 11.7. The molecular weight excluding hydrogens is 264 g/mol. The molecule has 1 aromatic carbocycles. The number of aryl methyl sites for hydroxylation is 1. The fourth-order valence-electron chi connectivity index (χ4n) is 3.25. The average molecular weight is 281 g/mol. The number of rotatable bonds is 3. The van der Waals surface area contributed by atoms with Crippen LogP contribution < -0.4 is 4.74 Å².